The van der Waals surface area contributed by atoms with Crippen LogP contribution < -0.4 is 5.73 Å². The zero-order valence-corrected chi connectivity index (χ0v) is 12.7. The zero-order chi connectivity index (χ0) is 14.9. The van der Waals surface area contributed by atoms with E-state index in [1.165, 1.54) is 10.4 Å². The van der Waals surface area contributed by atoms with E-state index < -0.39 is 16.1 Å². The topological polar surface area (TPSA) is 83.6 Å². The minimum absolute atomic E-state index is 0.0101. The van der Waals surface area contributed by atoms with E-state index in [1.807, 2.05) is 6.92 Å². The van der Waals surface area contributed by atoms with Gasteiger partial charge in [-0.05, 0) is 43.4 Å². The maximum atomic E-state index is 12.7. The summed E-state index contributed by atoms with van der Waals surface area (Å²) in [6, 6.07) is 5.02. The highest BCUT2D eigenvalue weighted by Crippen LogP contribution is 2.29. The summed E-state index contributed by atoms with van der Waals surface area (Å²) < 4.78 is 26.9. The maximum absolute atomic E-state index is 12.7. The number of hydrogen-bond acceptors (Lipinski definition) is 4. The highest BCUT2D eigenvalue weighted by molar-refractivity contribution is 7.89. The van der Waals surface area contributed by atoms with Gasteiger partial charge in [0.15, 0.2) is 0 Å². The molecule has 0 aromatic heterocycles. The van der Waals surface area contributed by atoms with E-state index in [0.29, 0.717) is 36.5 Å². The molecule has 1 aromatic rings. The molecule has 0 radical (unpaired) electrons. The van der Waals surface area contributed by atoms with Crippen LogP contribution in [0.4, 0.5) is 5.69 Å². The Morgan fingerprint density at radius 1 is 1.50 bits per heavy atom. The van der Waals surface area contributed by atoms with Gasteiger partial charge in [0.05, 0.1) is 11.0 Å². The number of aryl methyl sites for hydroxylation is 1. The van der Waals surface area contributed by atoms with E-state index in [2.05, 4.69) is 0 Å². The first-order valence-electron chi connectivity index (χ1n) is 6.93. The van der Waals surface area contributed by atoms with Crippen molar-refractivity contribution in [3.05, 3.63) is 23.8 Å². The lowest BCUT2D eigenvalue weighted by Gasteiger charge is -2.19. The second-order valence-corrected chi connectivity index (χ2v) is 7.28. The fraction of sp³-hybridized carbons (Fsp3) is 0.571. The van der Waals surface area contributed by atoms with E-state index in [-0.39, 0.29) is 5.92 Å². The van der Waals surface area contributed by atoms with Crippen molar-refractivity contribution in [3.8, 4) is 0 Å². The number of aliphatic hydroxyl groups is 1. The molecule has 1 aromatic carbocycles. The molecule has 1 heterocycles. The Kier molecular flexibility index (Phi) is 4.36. The van der Waals surface area contributed by atoms with Crippen LogP contribution in [0.2, 0.25) is 0 Å². The number of rotatable bonds is 4. The first-order valence-corrected chi connectivity index (χ1v) is 8.37. The molecule has 112 valence electrons. The molecule has 2 atom stereocenters. The average molecular weight is 298 g/mol. The monoisotopic (exact) mass is 298 g/mol. The summed E-state index contributed by atoms with van der Waals surface area (Å²) in [7, 11) is -3.53. The highest BCUT2D eigenvalue weighted by Gasteiger charge is 2.35. The summed E-state index contributed by atoms with van der Waals surface area (Å²) in [6.07, 6.45) is 0.852. The van der Waals surface area contributed by atoms with Crippen LogP contribution in [0.1, 0.15) is 25.8 Å². The van der Waals surface area contributed by atoms with Gasteiger partial charge in [0.2, 0.25) is 10.0 Å². The Morgan fingerprint density at radius 2 is 2.20 bits per heavy atom. The summed E-state index contributed by atoms with van der Waals surface area (Å²) in [6.45, 7) is 4.46. The van der Waals surface area contributed by atoms with Crippen molar-refractivity contribution in [1.82, 2.24) is 4.31 Å². The van der Waals surface area contributed by atoms with Gasteiger partial charge in [0.25, 0.3) is 0 Å². The molecular weight excluding hydrogens is 276 g/mol. The number of hydrogen-bond donors (Lipinski definition) is 2. The van der Waals surface area contributed by atoms with Crippen LogP contribution in [0.5, 0.6) is 0 Å². The van der Waals surface area contributed by atoms with Gasteiger partial charge in [-0.1, -0.05) is 13.0 Å². The van der Waals surface area contributed by atoms with Crippen molar-refractivity contribution in [1.29, 1.82) is 0 Å². The molecule has 0 saturated carbocycles. The fourth-order valence-electron chi connectivity index (χ4n) is 2.61. The lowest BCUT2D eigenvalue weighted by Crippen LogP contribution is -2.31. The highest BCUT2D eigenvalue weighted by atomic mass is 32.2. The smallest absolute Gasteiger partial charge is 0.243 e. The summed E-state index contributed by atoms with van der Waals surface area (Å²) >= 11 is 0. The number of nitrogens with two attached hydrogens (primary N) is 1. The van der Waals surface area contributed by atoms with E-state index in [0.717, 1.165) is 5.56 Å². The molecule has 0 spiro atoms. The van der Waals surface area contributed by atoms with Crippen molar-refractivity contribution < 1.29 is 13.5 Å². The molecule has 0 amide bonds. The second-order valence-electron chi connectivity index (χ2n) is 5.37. The van der Waals surface area contributed by atoms with Crippen molar-refractivity contribution in [3.63, 3.8) is 0 Å². The van der Waals surface area contributed by atoms with Crippen LogP contribution in [-0.4, -0.2) is 37.0 Å². The van der Waals surface area contributed by atoms with Crippen LogP contribution in [0.3, 0.4) is 0 Å². The van der Waals surface area contributed by atoms with Crippen LogP contribution in [-0.2, 0) is 16.4 Å². The third-order valence-corrected chi connectivity index (χ3v) is 5.91. The van der Waals surface area contributed by atoms with Crippen molar-refractivity contribution >= 4 is 15.7 Å². The van der Waals surface area contributed by atoms with E-state index in [9.17, 15) is 13.5 Å². The van der Waals surface area contributed by atoms with Gasteiger partial charge in [0.1, 0.15) is 0 Å². The fourth-order valence-corrected chi connectivity index (χ4v) is 4.45. The molecule has 0 bridgehead atoms. The van der Waals surface area contributed by atoms with Crippen molar-refractivity contribution in [2.45, 2.75) is 37.7 Å². The third kappa shape index (κ3) is 2.82. The Labute approximate surface area is 120 Å². The maximum Gasteiger partial charge on any atom is 0.243 e. The standard InChI is InChI=1S/C14H22N2O3S/c1-3-11-4-5-13(15)8-14(11)20(18,19)16-7-6-12(9-16)10(2)17/h4-5,8,10,12,17H,3,6-7,9,15H2,1-2H3. The van der Waals surface area contributed by atoms with Crippen LogP contribution >= 0.6 is 0 Å². The van der Waals surface area contributed by atoms with Gasteiger partial charge in [-0.2, -0.15) is 4.31 Å². The van der Waals surface area contributed by atoms with Crippen LogP contribution in [0, 0.1) is 5.92 Å². The summed E-state index contributed by atoms with van der Waals surface area (Å²) in [5.74, 6) is 0.0101. The molecule has 1 aliphatic heterocycles. The van der Waals surface area contributed by atoms with Crippen molar-refractivity contribution in [2.24, 2.45) is 5.92 Å². The van der Waals surface area contributed by atoms with Crippen molar-refractivity contribution in [2.75, 3.05) is 18.8 Å². The van der Waals surface area contributed by atoms with Gasteiger partial charge in [-0.15, -0.1) is 0 Å². The first-order chi connectivity index (χ1) is 9.36. The average Bonchev–Trinajstić information content (AvgIpc) is 2.89. The number of nitrogens with zero attached hydrogens (tertiary/aromatic N) is 1. The minimum atomic E-state index is -3.53. The van der Waals surface area contributed by atoms with Gasteiger partial charge >= 0.3 is 0 Å². The van der Waals surface area contributed by atoms with Gasteiger partial charge in [-0.3, -0.25) is 0 Å². The largest absolute Gasteiger partial charge is 0.399 e. The number of anilines is 1. The Morgan fingerprint density at radius 3 is 2.75 bits per heavy atom. The predicted molar refractivity (Wildman–Crippen MR) is 78.8 cm³/mol. The number of nitrogen functional groups attached to an aromatic ring is 1. The predicted octanol–water partition coefficient (Wildman–Crippen LogP) is 1.22. The normalized spacial score (nSPS) is 22.1. The zero-order valence-electron chi connectivity index (χ0n) is 11.9. The SMILES string of the molecule is CCc1ccc(N)cc1S(=O)(=O)N1CCC(C(C)O)C1. The number of sulfonamides is 1. The van der Waals surface area contributed by atoms with Crippen LogP contribution in [0.25, 0.3) is 0 Å². The molecule has 1 saturated heterocycles. The Bertz CT molecular complexity index is 584. The minimum Gasteiger partial charge on any atom is -0.399 e. The molecule has 5 nitrogen and oxygen atoms in total. The van der Waals surface area contributed by atoms with Gasteiger partial charge < -0.3 is 10.8 Å². The van der Waals surface area contributed by atoms with E-state index >= 15 is 0 Å². The molecule has 3 N–H and O–H groups in total. The summed E-state index contributed by atoms with van der Waals surface area (Å²) in [4.78, 5) is 0.297. The molecule has 6 heteroatoms. The Hall–Kier alpha value is -1.11. The molecule has 0 aliphatic carbocycles. The lowest BCUT2D eigenvalue weighted by atomic mass is 10.0. The molecule has 1 fully saturated rings. The molecule has 1 aliphatic rings. The molecule has 20 heavy (non-hydrogen) atoms. The van der Waals surface area contributed by atoms with Gasteiger partial charge in [0, 0.05) is 18.8 Å². The lowest BCUT2D eigenvalue weighted by molar-refractivity contribution is 0.133. The number of benzene rings is 1. The Balaban J connectivity index is 2.34. The summed E-state index contributed by atoms with van der Waals surface area (Å²) in [5.41, 5.74) is 6.96. The molecule has 2 rings (SSSR count). The number of aliphatic hydroxyl groups excluding tert-OH is 1. The molecular formula is C14H22N2O3S. The third-order valence-electron chi connectivity index (χ3n) is 3.96. The van der Waals surface area contributed by atoms with Gasteiger partial charge in [-0.25, -0.2) is 8.42 Å². The van der Waals surface area contributed by atoms with E-state index in [4.69, 9.17) is 5.73 Å². The van der Waals surface area contributed by atoms with Crippen LogP contribution in [0.15, 0.2) is 23.1 Å². The van der Waals surface area contributed by atoms with E-state index in [1.54, 1.807) is 19.1 Å². The second kappa shape index (κ2) is 5.71. The quantitative estimate of drug-likeness (QED) is 0.819. The summed E-state index contributed by atoms with van der Waals surface area (Å²) in [5, 5.41) is 9.61. The molecule has 2 unspecified atom stereocenters. The first kappa shape index (κ1) is 15.3.